The minimum Gasteiger partial charge on any atom is -0.347 e. The monoisotopic (exact) mass is 452 g/mol. The number of carbonyl (C=O) groups excluding carboxylic acids is 2. The van der Waals surface area contributed by atoms with E-state index in [0.29, 0.717) is 39.1 Å². The van der Waals surface area contributed by atoms with Crippen molar-refractivity contribution in [1.29, 1.82) is 0 Å². The molecular formula is C24H28N4O5. The lowest BCUT2D eigenvalue weighted by Crippen LogP contribution is -2.47. The molecule has 3 aliphatic rings. The number of aryl methyl sites for hydroxylation is 1. The van der Waals surface area contributed by atoms with Crippen molar-refractivity contribution in [2.24, 2.45) is 0 Å². The van der Waals surface area contributed by atoms with Crippen LogP contribution in [0.4, 0.5) is 5.69 Å². The summed E-state index contributed by atoms with van der Waals surface area (Å²) in [6.07, 6.45) is 2.22. The molecule has 0 N–H and O–H groups in total. The summed E-state index contributed by atoms with van der Waals surface area (Å²) in [5.74, 6) is -0.823. The number of nitrogens with zero attached hydrogens (tertiary/aromatic N) is 4. The highest BCUT2D eigenvalue weighted by atomic mass is 16.7. The van der Waals surface area contributed by atoms with Crippen LogP contribution in [0.1, 0.15) is 42.2 Å². The molecule has 0 aliphatic carbocycles. The second-order valence-electron chi connectivity index (χ2n) is 8.88. The molecule has 0 bridgehead atoms. The Morgan fingerprint density at radius 1 is 1.09 bits per heavy atom. The van der Waals surface area contributed by atoms with Gasteiger partial charge in [0.05, 0.1) is 19.8 Å². The number of benzene rings is 1. The first kappa shape index (κ1) is 21.8. The number of likely N-dealkylation sites (tertiary alicyclic amines) is 1. The summed E-state index contributed by atoms with van der Waals surface area (Å²) in [5, 5.41) is 4.30. The fourth-order valence-electron chi connectivity index (χ4n) is 4.96. The summed E-state index contributed by atoms with van der Waals surface area (Å²) >= 11 is 0. The van der Waals surface area contributed by atoms with Gasteiger partial charge in [-0.1, -0.05) is 18.2 Å². The molecule has 0 radical (unpaired) electrons. The van der Waals surface area contributed by atoms with Gasteiger partial charge in [0, 0.05) is 50.1 Å². The van der Waals surface area contributed by atoms with Crippen LogP contribution in [0.3, 0.4) is 0 Å². The Morgan fingerprint density at radius 2 is 1.82 bits per heavy atom. The summed E-state index contributed by atoms with van der Waals surface area (Å²) in [6.45, 7) is 4.44. The van der Waals surface area contributed by atoms with E-state index in [4.69, 9.17) is 9.47 Å². The van der Waals surface area contributed by atoms with E-state index in [0.717, 1.165) is 17.7 Å². The molecule has 2 saturated heterocycles. The van der Waals surface area contributed by atoms with Gasteiger partial charge in [-0.25, -0.2) is 4.68 Å². The zero-order valence-corrected chi connectivity index (χ0v) is 18.7. The summed E-state index contributed by atoms with van der Waals surface area (Å²) in [6, 6.07) is 10.6. The molecule has 1 aromatic heterocycles. The largest absolute Gasteiger partial charge is 0.347 e. The van der Waals surface area contributed by atoms with E-state index < -0.39 is 5.79 Å². The highest BCUT2D eigenvalue weighted by molar-refractivity contribution is 6.06. The van der Waals surface area contributed by atoms with Gasteiger partial charge >= 0.3 is 0 Å². The van der Waals surface area contributed by atoms with Crippen LogP contribution in [0.25, 0.3) is 0 Å². The van der Waals surface area contributed by atoms with Gasteiger partial charge in [-0.05, 0) is 31.0 Å². The number of anilines is 1. The number of carbonyl (C=O) groups is 2. The van der Waals surface area contributed by atoms with Crippen molar-refractivity contribution in [2.75, 3.05) is 31.2 Å². The smallest absolute Gasteiger partial charge is 0.278 e. The Hall–Kier alpha value is -3.04. The molecule has 1 aromatic carbocycles. The van der Waals surface area contributed by atoms with Crippen LogP contribution < -0.4 is 10.5 Å². The third-order valence-corrected chi connectivity index (χ3v) is 6.74. The van der Waals surface area contributed by atoms with Crippen molar-refractivity contribution in [2.45, 2.75) is 51.0 Å². The molecule has 3 aliphatic heterocycles. The fourth-order valence-corrected chi connectivity index (χ4v) is 4.96. The maximum absolute atomic E-state index is 13.2. The Bertz CT molecular complexity index is 1110. The average molecular weight is 453 g/mol. The highest BCUT2D eigenvalue weighted by Crippen LogP contribution is 2.33. The average Bonchev–Trinajstić information content (AvgIpc) is 3.41. The van der Waals surface area contributed by atoms with Gasteiger partial charge in [0.25, 0.3) is 11.5 Å². The van der Waals surface area contributed by atoms with Crippen LogP contribution in [0.5, 0.6) is 0 Å². The second kappa shape index (κ2) is 8.72. The topological polar surface area (TPSA) is 94.0 Å². The van der Waals surface area contributed by atoms with Crippen molar-refractivity contribution < 1.29 is 19.1 Å². The van der Waals surface area contributed by atoms with Crippen molar-refractivity contribution in [3.8, 4) is 0 Å². The zero-order valence-electron chi connectivity index (χ0n) is 18.7. The van der Waals surface area contributed by atoms with E-state index in [1.54, 1.807) is 9.80 Å². The molecule has 0 saturated carbocycles. The number of piperidine rings is 1. The van der Waals surface area contributed by atoms with Crippen LogP contribution in [0, 0.1) is 0 Å². The summed E-state index contributed by atoms with van der Waals surface area (Å²) in [4.78, 5) is 41.8. The molecule has 9 heteroatoms. The van der Waals surface area contributed by atoms with E-state index in [1.807, 2.05) is 31.2 Å². The molecule has 9 nitrogen and oxygen atoms in total. The molecule has 4 heterocycles. The number of ether oxygens (including phenoxy) is 2. The quantitative estimate of drug-likeness (QED) is 0.699. The third-order valence-electron chi connectivity index (χ3n) is 6.74. The standard InChI is InChI=1S/C24H28N4O5/c1-17-16-18-4-2-3-5-20(18)28(17)23(31)19-6-7-22(30)27(25-19)11-8-21(29)26-12-9-24(10-13-26)32-14-15-33-24/h2-7,17H,8-16H2,1H3/t17-/m0/s1. The van der Waals surface area contributed by atoms with Crippen molar-refractivity contribution >= 4 is 17.5 Å². The first-order chi connectivity index (χ1) is 16.0. The lowest BCUT2D eigenvalue weighted by molar-refractivity contribution is -0.187. The Morgan fingerprint density at radius 3 is 2.58 bits per heavy atom. The highest BCUT2D eigenvalue weighted by Gasteiger charge is 2.40. The second-order valence-corrected chi connectivity index (χ2v) is 8.88. The number of hydrogen-bond acceptors (Lipinski definition) is 6. The fraction of sp³-hybridized carbons (Fsp3) is 0.500. The van der Waals surface area contributed by atoms with Crippen molar-refractivity contribution in [1.82, 2.24) is 14.7 Å². The third kappa shape index (κ3) is 4.18. The number of para-hydroxylation sites is 1. The molecule has 0 unspecified atom stereocenters. The molecule has 2 aromatic rings. The summed E-state index contributed by atoms with van der Waals surface area (Å²) in [5.41, 5.74) is 1.86. The maximum atomic E-state index is 13.2. The Labute approximate surface area is 191 Å². The lowest BCUT2D eigenvalue weighted by atomic mass is 10.0. The van der Waals surface area contributed by atoms with Gasteiger partial charge in [0.1, 0.15) is 5.69 Å². The number of amides is 2. The van der Waals surface area contributed by atoms with Crippen molar-refractivity contribution in [3.05, 3.63) is 58.0 Å². The predicted molar refractivity (Wildman–Crippen MR) is 120 cm³/mol. The molecule has 174 valence electrons. The first-order valence-corrected chi connectivity index (χ1v) is 11.5. The predicted octanol–water partition coefficient (Wildman–Crippen LogP) is 1.59. The minimum absolute atomic E-state index is 0.00822. The van der Waals surface area contributed by atoms with E-state index >= 15 is 0 Å². The van der Waals surface area contributed by atoms with E-state index in [9.17, 15) is 14.4 Å². The van der Waals surface area contributed by atoms with Gasteiger partial charge < -0.3 is 19.3 Å². The number of hydrogen-bond donors (Lipinski definition) is 0. The minimum atomic E-state index is -0.532. The number of rotatable bonds is 4. The molecule has 5 rings (SSSR count). The van der Waals surface area contributed by atoms with Gasteiger partial charge in [0.15, 0.2) is 5.79 Å². The van der Waals surface area contributed by atoms with Gasteiger partial charge in [0.2, 0.25) is 5.91 Å². The summed E-state index contributed by atoms with van der Waals surface area (Å²) in [7, 11) is 0. The van der Waals surface area contributed by atoms with Gasteiger partial charge in [-0.15, -0.1) is 0 Å². The summed E-state index contributed by atoms with van der Waals surface area (Å²) < 4.78 is 12.6. The van der Waals surface area contributed by atoms with Gasteiger partial charge in [-0.3, -0.25) is 14.4 Å². The van der Waals surface area contributed by atoms with Crippen LogP contribution in [-0.4, -0.2) is 64.6 Å². The lowest BCUT2D eigenvalue weighted by Gasteiger charge is -2.37. The molecular weight excluding hydrogens is 424 g/mol. The SMILES string of the molecule is C[C@H]1Cc2ccccc2N1C(=O)c1ccc(=O)n(CCC(=O)N2CCC3(CC2)OCCO3)n1. The first-order valence-electron chi connectivity index (χ1n) is 11.5. The van der Waals surface area contributed by atoms with Crippen LogP contribution in [0.15, 0.2) is 41.2 Å². The number of aromatic nitrogens is 2. The van der Waals surface area contributed by atoms with E-state index in [2.05, 4.69) is 5.10 Å². The molecule has 33 heavy (non-hydrogen) atoms. The maximum Gasteiger partial charge on any atom is 0.278 e. The molecule has 1 atom stereocenters. The van der Waals surface area contributed by atoms with E-state index in [-0.39, 0.29) is 42.1 Å². The number of fused-ring (bicyclic) bond motifs is 1. The normalized spacial score (nSPS) is 21.4. The zero-order chi connectivity index (χ0) is 23.0. The Balaban J connectivity index is 1.24. The molecule has 2 fully saturated rings. The molecule has 1 spiro atoms. The van der Waals surface area contributed by atoms with E-state index in [1.165, 1.54) is 16.8 Å². The molecule has 2 amide bonds. The van der Waals surface area contributed by atoms with Crippen LogP contribution in [-0.2, 0) is 27.2 Å². The van der Waals surface area contributed by atoms with Crippen LogP contribution in [0.2, 0.25) is 0 Å². The van der Waals surface area contributed by atoms with Gasteiger partial charge in [-0.2, -0.15) is 5.10 Å². The van der Waals surface area contributed by atoms with Crippen molar-refractivity contribution in [3.63, 3.8) is 0 Å². The Kier molecular flexibility index (Phi) is 5.76. The van der Waals surface area contributed by atoms with Crippen LogP contribution >= 0.6 is 0 Å².